The van der Waals surface area contributed by atoms with Crippen LogP contribution in [0, 0.1) is 23.2 Å². The largest absolute Gasteiger partial charge is 0.465 e. The molecule has 19 heavy (non-hydrogen) atoms. The number of rotatable bonds is 4. The van der Waals surface area contributed by atoms with E-state index >= 15 is 0 Å². The van der Waals surface area contributed by atoms with Crippen molar-refractivity contribution in [2.75, 3.05) is 6.61 Å². The average molecular weight is 266 g/mol. The van der Waals surface area contributed by atoms with E-state index in [9.17, 15) is 4.79 Å². The molecule has 0 radical (unpaired) electrons. The maximum Gasteiger partial charge on any atom is 0.311 e. The van der Waals surface area contributed by atoms with Crippen LogP contribution >= 0.6 is 0 Å². The second-order valence-electron chi connectivity index (χ2n) is 7.24. The average Bonchev–Trinajstić information content (AvgIpc) is 2.44. The lowest BCUT2D eigenvalue weighted by Crippen LogP contribution is -2.35. The molecule has 110 valence electrons. The lowest BCUT2D eigenvalue weighted by Gasteiger charge is -2.41. The fourth-order valence-electron chi connectivity index (χ4n) is 3.80. The van der Waals surface area contributed by atoms with E-state index in [1.165, 1.54) is 44.9 Å². The fraction of sp³-hybridized carbons (Fsp3) is 0.941. The van der Waals surface area contributed by atoms with Gasteiger partial charge in [-0.2, -0.15) is 0 Å². The minimum atomic E-state index is -0.319. The van der Waals surface area contributed by atoms with Gasteiger partial charge >= 0.3 is 5.97 Å². The molecule has 2 rings (SSSR count). The molecule has 0 spiro atoms. The van der Waals surface area contributed by atoms with Gasteiger partial charge in [-0.3, -0.25) is 4.79 Å². The van der Waals surface area contributed by atoms with Crippen LogP contribution in [0.4, 0.5) is 0 Å². The van der Waals surface area contributed by atoms with Gasteiger partial charge < -0.3 is 4.74 Å². The summed E-state index contributed by atoms with van der Waals surface area (Å²) >= 11 is 0. The smallest absolute Gasteiger partial charge is 0.311 e. The molecule has 2 heteroatoms. The second-order valence-corrected chi connectivity index (χ2v) is 7.24. The predicted molar refractivity (Wildman–Crippen MR) is 77.8 cm³/mol. The Balaban J connectivity index is 1.86. The van der Waals surface area contributed by atoms with Crippen LogP contribution in [0.3, 0.4) is 0 Å². The molecule has 0 aromatic carbocycles. The highest BCUT2D eigenvalue weighted by Gasteiger charge is 2.36. The van der Waals surface area contributed by atoms with Crippen LogP contribution in [0.2, 0.25) is 0 Å². The maximum absolute atomic E-state index is 12.1. The summed E-state index contributed by atoms with van der Waals surface area (Å²) in [5, 5.41) is 0. The van der Waals surface area contributed by atoms with Crippen LogP contribution in [0.1, 0.15) is 72.1 Å². The molecule has 3 atom stereocenters. The van der Waals surface area contributed by atoms with Gasteiger partial charge in [-0.25, -0.2) is 0 Å². The zero-order valence-electron chi connectivity index (χ0n) is 12.9. The monoisotopic (exact) mass is 266 g/mol. The predicted octanol–water partition coefficient (Wildman–Crippen LogP) is 4.57. The molecule has 0 heterocycles. The normalized spacial score (nSPS) is 31.6. The molecular formula is C17H30O2. The van der Waals surface area contributed by atoms with E-state index < -0.39 is 0 Å². The molecule has 2 fully saturated rings. The molecule has 2 aliphatic carbocycles. The fourth-order valence-corrected chi connectivity index (χ4v) is 3.80. The lowest BCUT2D eigenvalue weighted by atomic mass is 9.66. The zero-order valence-corrected chi connectivity index (χ0v) is 12.9. The summed E-state index contributed by atoms with van der Waals surface area (Å²) in [5.74, 6) is 2.38. The summed E-state index contributed by atoms with van der Waals surface area (Å²) in [6, 6.07) is 0. The summed E-state index contributed by atoms with van der Waals surface area (Å²) in [4.78, 5) is 12.1. The van der Waals surface area contributed by atoms with E-state index in [1.807, 2.05) is 13.8 Å². The molecule has 3 unspecified atom stereocenters. The van der Waals surface area contributed by atoms with Gasteiger partial charge in [0.15, 0.2) is 0 Å². The Kier molecular flexibility index (Phi) is 4.92. The van der Waals surface area contributed by atoms with E-state index in [-0.39, 0.29) is 11.4 Å². The Morgan fingerprint density at radius 3 is 2.53 bits per heavy atom. The number of hydrogen-bond donors (Lipinski definition) is 0. The summed E-state index contributed by atoms with van der Waals surface area (Å²) in [7, 11) is 0. The molecule has 0 saturated heterocycles. The number of esters is 1. The highest BCUT2D eigenvalue weighted by atomic mass is 16.5. The number of carbonyl (C=O) groups is 1. The molecule has 0 N–H and O–H groups in total. The van der Waals surface area contributed by atoms with Crippen LogP contribution in [-0.4, -0.2) is 12.6 Å². The van der Waals surface area contributed by atoms with E-state index in [1.54, 1.807) is 0 Å². The molecule has 0 aliphatic heterocycles. The number of carbonyl (C=O) groups excluding carboxylic acids is 1. The van der Waals surface area contributed by atoms with Crippen LogP contribution in [0.5, 0.6) is 0 Å². The first-order valence-electron chi connectivity index (χ1n) is 8.22. The summed E-state index contributed by atoms with van der Waals surface area (Å²) in [6.45, 7) is 6.70. The number of ether oxygens (including phenoxy) is 1. The van der Waals surface area contributed by atoms with Crippen molar-refractivity contribution in [3.63, 3.8) is 0 Å². The zero-order chi connectivity index (χ0) is 13.9. The van der Waals surface area contributed by atoms with Crippen molar-refractivity contribution in [1.82, 2.24) is 0 Å². The lowest BCUT2D eigenvalue weighted by molar-refractivity contribution is -0.157. The summed E-state index contributed by atoms with van der Waals surface area (Å²) in [5.41, 5.74) is -0.319. The molecule has 0 bridgehead atoms. The van der Waals surface area contributed by atoms with Crippen molar-refractivity contribution in [3.05, 3.63) is 0 Å². The SMILES string of the molecule is CCC(C)(C)C(=O)OCC1CCCC2CCCCC21. The standard InChI is InChI=1S/C17H30O2/c1-4-17(2,3)16(18)19-12-14-10-7-9-13-8-5-6-11-15(13)14/h13-15H,4-12H2,1-3H3. The molecule has 2 nitrogen and oxygen atoms in total. The first kappa shape index (κ1) is 14.9. The Bertz CT molecular complexity index is 306. The third-order valence-corrected chi connectivity index (χ3v) is 5.59. The van der Waals surface area contributed by atoms with Gasteiger partial charge in [-0.1, -0.05) is 39.0 Å². The van der Waals surface area contributed by atoms with E-state index in [2.05, 4.69) is 6.92 Å². The number of hydrogen-bond acceptors (Lipinski definition) is 2. The Morgan fingerprint density at radius 2 is 1.79 bits per heavy atom. The van der Waals surface area contributed by atoms with Crippen molar-refractivity contribution < 1.29 is 9.53 Å². The first-order valence-corrected chi connectivity index (χ1v) is 8.22. The number of fused-ring (bicyclic) bond motifs is 1. The van der Waals surface area contributed by atoms with Crippen molar-refractivity contribution in [2.45, 2.75) is 72.1 Å². The highest BCUT2D eigenvalue weighted by molar-refractivity contribution is 5.75. The first-order chi connectivity index (χ1) is 9.04. The van der Waals surface area contributed by atoms with Gasteiger partial charge in [-0.05, 0) is 50.9 Å². The Hall–Kier alpha value is -0.530. The third-order valence-electron chi connectivity index (χ3n) is 5.59. The Labute approximate surface area is 118 Å². The minimum absolute atomic E-state index is 0.00654. The van der Waals surface area contributed by atoms with Crippen molar-refractivity contribution in [3.8, 4) is 0 Å². The van der Waals surface area contributed by atoms with Crippen LogP contribution in [0.15, 0.2) is 0 Å². The van der Waals surface area contributed by atoms with Gasteiger partial charge in [0, 0.05) is 0 Å². The quantitative estimate of drug-likeness (QED) is 0.697. The Morgan fingerprint density at radius 1 is 1.11 bits per heavy atom. The van der Waals surface area contributed by atoms with Crippen molar-refractivity contribution in [1.29, 1.82) is 0 Å². The third kappa shape index (κ3) is 3.52. The molecule has 2 saturated carbocycles. The molecule has 0 aromatic heterocycles. The maximum atomic E-state index is 12.1. The minimum Gasteiger partial charge on any atom is -0.465 e. The van der Waals surface area contributed by atoms with Gasteiger partial charge in [0.2, 0.25) is 0 Å². The second kappa shape index (κ2) is 6.28. The highest BCUT2D eigenvalue weighted by Crippen LogP contribution is 2.44. The van der Waals surface area contributed by atoms with Crippen LogP contribution < -0.4 is 0 Å². The van der Waals surface area contributed by atoms with Crippen LogP contribution in [0.25, 0.3) is 0 Å². The molecule has 0 aromatic rings. The van der Waals surface area contributed by atoms with E-state index in [4.69, 9.17) is 4.74 Å². The molecule has 2 aliphatic rings. The van der Waals surface area contributed by atoms with E-state index in [0.29, 0.717) is 12.5 Å². The van der Waals surface area contributed by atoms with Gasteiger partial charge in [0.05, 0.1) is 12.0 Å². The molecular weight excluding hydrogens is 236 g/mol. The van der Waals surface area contributed by atoms with Crippen molar-refractivity contribution >= 4 is 5.97 Å². The summed E-state index contributed by atoms with van der Waals surface area (Å²) in [6.07, 6.45) is 10.4. The van der Waals surface area contributed by atoms with Gasteiger partial charge in [-0.15, -0.1) is 0 Å². The summed E-state index contributed by atoms with van der Waals surface area (Å²) < 4.78 is 5.65. The topological polar surface area (TPSA) is 26.3 Å². The molecule has 0 amide bonds. The van der Waals surface area contributed by atoms with Crippen molar-refractivity contribution in [2.24, 2.45) is 23.2 Å². The van der Waals surface area contributed by atoms with Gasteiger partial charge in [0.25, 0.3) is 0 Å². The van der Waals surface area contributed by atoms with Crippen LogP contribution in [-0.2, 0) is 9.53 Å². The van der Waals surface area contributed by atoms with Gasteiger partial charge in [0.1, 0.15) is 0 Å². The van der Waals surface area contributed by atoms with E-state index in [0.717, 1.165) is 18.3 Å².